The molecule has 1 atom stereocenters. The zero-order valence-electron chi connectivity index (χ0n) is 18.5. The van der Waals surface area contributed by atoms with Crippen molar-refractivity contribution in [2.75, 3.05) is 10.8 Å². The van der Waals surface area contributed by atoms with Crippen molar-refractivity contribution in [3.8, 4) is 16.9 Å². The maximum Gasteiger partial charge on any atom is 0.253 e. The van der Waals surface area contributed by atoms with Crippen LogP contribution in [0.1, 0.15) is 17.0 Å². The lowest BCUT2D eigenvalue weighted by molar-refractivity contribution is -0.117. The Morgan fingerprint density at radius 3 is 2.54 bits per heavy atom. The minimum Gasteiger partial charge on any atom is -0.303 e. The lowest BCUT2D eigenvalue weighted by Crippen LogP contribution is -2.23. The van der Waals surface area contributed by atoms with Gasteiger partial charge in [-0.1, -0.05) is 34.1 Å². The molecule has 4 aromatic rings. The molecule has 0 radical (unpaired) electrons. The Bertz CT molecular complexity index is 1470. The van der Waals surface area contributed by atoms with Crippen LogP contribution in [0.15, 0.2) is 71.3 Å². The van der Waals surface area contributed by atoms with Gasteiger partial charge in [-0.3, -0.25) is 13.8 Å². The summed E-state index contributed by atoms with van der Waals surface area (Å²) in [5, 5.41) is 0. The first-order valence-electron chi connectivity index (χ1n) is 10.7. The lowest BCUT2D eigenvalue weighted by Gasteiger charge is -2.18. The Kier molecular flexibility index (Phi) is 6.24. The number of aromatic nitrogens is 2. The molecule has 1 aliphatic rings. The van der Waals surface area contributed by atoms with Gasteiger partial charge in [-0.25, -0.2) is 18.0 Å². The van der Waals surface area contributed by atoms with Crippen molar-refractivity contribution in [2.45, 2.75) is 13.3 Å². The number of halogens is 3. The van der Waals surface area contributed by atoms with E-state index in [2.05, 4.69) is 20.7 Å². The maximum atomic E-state index is 14.6. The van der Waals surface area contributed by atoms with Crippen LogP contribution in [0.4, 0.5) is 14.5 Å². The van der Waals surface area contributed by atoms with Crippen LogP contribution >= 0.6 is 15.9 Å². The summed E-state index contributed by atoms with van der Waals surface area (Å²) in [6.07, 6.45) is 2.15. The molecule has 5 rings (SSSR count). The van der Waals surface area contributed by atoms with Crippen LogP contribution in [0.2, 0.25) is 0 Å². The fourth-order valence-corrected chi connectivity index (χ4v) is 5.19. The molecule has 1 aliphatic heterocycles. The van der Waals surface area contributed by atoms with E-state index in [1.165, 1.54) is 16.4 Å². The first-order valence-corrected chi connectivity index (χ1v) is 12.6. The zero-order valence-corrected chi connectivity index (χ0v) is 20.9. The highest BCUT2D eigenvalue weighted by molar-refractivity contribution is 9.10. The highest BCUT2D eigenvalue weighted by atomic mass is 79.9. The Morgan fingerprint density at radius 2 is 1.86 bits per heavy atom. The summed E-state index contributed by atoms with van der Waals surface area (Å²) in [4.78, 5) is 16.5. The highest BCUT2D eigenvalue weighted by Gasteiger charge is 2.28. The SMILES string of the molecule is Cc1ccc(-n2cc(-c3ccc(F)cc3F)nc2Cc2ccc(Br)cc2)cc1N1CC(=O)NS1=O. The molecule has 10 heteroatoms. The van der Waals surface area contributed by atoms with Crippen LogP contribution in [0, 0.1) is 18.6 Å². The van der Waals surface area contributed by atoms with E-state index in [-0.39, 0.29) is 18.0 Å². The fourth-order valence-electron chi connectivity index (χ4n) is 3.94. The van der Waals surface area contributed by atoms with Gasteiger partial charge in [-0.05, 0) is 54.4 Å². The minimum absolute atomic E-state index is 0.0153. The lowest BCUT2D eigenvalue weighted by atomic mass is 10.1. The number of nitrogens with one attached hydrogen (secondary N) is 1. The predicted molar refractivity (Wildman–Crippen MR) is 134 cm³/mol. The minimum atomic E-state index is -1.67. The summed E-state index contributed by atoms with van der Waals surface area (Å²) in [6.45, 7) is 1.85. The van der Waals surface area contributed by atoms with E-state index in [1.54, 1.807) is 6.20 Å². The van der Waals surface area contributed by atoms with Crippen LogP contribution in [0.3, 0.4) is 0 Å². The van der Waals surface area contributed by atoms with Crippen molar-refractivity contribution in [2.24, 2.45) is 0 Å². The third-order valence-electron chi connectivity index (χ3n) is 5.69. The Hall–Kier alpha value is -3.37. The number of hydrogen-bond donors (Lipinski definition) is 1. The second-order valence-corrected chi connectivity index (χ2v) is 10.2. The number of aryl methyl sites for hydroxylation is 1. The number of carbonyl (C=O) groups excluding carboxylic acids is 1. The number of carbonyl (C=O) groups is 1. The number of rotatable bonds is 5. The summed E-state index contributed by atoms with van der Waals surface area (Å²) in [6, 6.07) is 16.8. The van der Waals surface area contributed by atoms with Gasteiger partial charge >= 0.3 is 0 Å². The number of nitrogens with zero attached hydrogens (tertiary/aromatic N) is 3. The van der Waals surface area contributed by atoms with Gasteiger partial charge in [0.05, 0.1) is 11.4 Å². The molecule has 2 heterocycles. The number of hydrogen-bond acceptors (Lipinski definition) is 3. The van der Waals surface area contributed by atoms with E-state index in [9.17, 15) is 17.8 Å². The average Bonchev–Trinajstić information content (AvgIpc) is 3.38. The van der Waals surface area contributed by atoms with Gasteiger partial charge in [0.2, 0.25) is 11.2 Å². The highest BCUT2D eigenvalue weighted by Crippen LogP contribution is 2.30. The van der Waals surface area contributed by atoms with E-state index in [0.717, 1.165) is 21.7 Å². The van der Waals surface area contributed by atoms with Crippen molar-refractivity contribution in [1.29, 1.82) is 0 Å². The van der Waals surface area contributed by atoms with Crippen molar-refractivity contribution < 1.29 is 17.8 Å². The van der Waals surface area contributed by atoms with Crippen LogP contribution < -0.4 is 9.03 Å². The molecule has 1 unspecified atom stereocenters. The third kappa shape index (κ3) is 4.76. The molecule has 0 spiro atoms. The van der Waals surface area contributed by atoms with Crippen LogP contribution in [0.5, 0.6) is 0 Å². The van der Waals surface area contributed by atoms with E-state index in [1.807, 2.05) is 54.0 Å². The Balaban J connectivity index is 1.62. The zero-order chi connectivity index (χ0) is 24.7. The maximum absolute atomic E-state index is 14.6. The first-order chi connectivity index (χ1) is 16.8. The van der Waals surface area contributed by atoms with Gasteiger partial charge < -0.3 is 4.57 Å². The third-order valence-corrected chi connectivity index (χ3v) is 7.35. The van der Waals surface area contributed by atoms with Crippen molar-refractivity contribution in [3.63, 3.8) is 0 Å². The topological polar surface area (TPSA) is 67.2 Å². The quantitative estimate of drug-likeness (QED) is 0.376. The monoisotopic (exact) mass is 556 g/mol. The molecule has 1 amide bonds. The number of amides is 1. The summed E-state index contributed by atoms with van der Waals surface area (Å²) in [5.41, 5.74) is 3.72. The summed E-state index contributed by atoms with van der Waals surface area (Å²) in [5.74, 6) is -1.05. The number of benzene rings is 3. The molecule has 178 valence electrons. The molecule has 0 aliphatic carbocycles. The van der Waals surface area contributed by atoms with E-state index >= 15 is 0 Å². The molecule has 35 heavy (non-hydrogen) atoms. The molecular formula is C25H19BrF2N4O2S. The van der Waals surface area contributed by atoms with E-state index < -0.39 is 22.8 Å². The van der Waals surface area contributed by atoms with E-state index in [0.29, 0.717) is 29.3 Å². The van der Waals surface area contributed by atoms with Crippen molar-refractivity contribution >= 4 is 38.7 Å². The van der Waals surface area contributed by atoms with Gasteiger partial charge in [0, 0.05) is 34.4 Å². The van der Waals surface area contributed by atoms with Crippen molar-refractivity contribution in [3.05, 3.63) is 99.9 Å². The largest absolute Gasteiger partial charge is 0.303 e. The van der Waals surface area contributed by atoms with Crippen molar-refractivity contribution in [1.82, 2.24) is 14.3 Å². The first kappa shape index (κ1) is 23.4. The average molecular weight is 557 g/mol. The molecule has 0 saturated carbocycles. The Morgan fingerprint density at radius 1 is 1.09 bits per heavy atom. The smallest absolute Gasteiger partial charge is 0.253 e. The molecule has 1 N–H and O–H groups in total. The van der Waals surface area contributed by atoms with Gasteiger partial charge in [-0.15, -0.1) is 0 Å². The summed E-state index contributed by atoms with van der Waals surface area (Å²) < 4.78 is 47.1. The van der Waals surface area contributed by atoms with Gasteiger partial charge in [0.1, 0.15) is 24.0 Å². The van der Waals surface area contributed by atoms with Crippen LogP contribution in [0.25, 0.3) is 16.9 Å². The standard InChI is InChI=1S/C25H19BrF2N4O2S/c1-15-2-8-19(12-23(15)32-14-25(33)30-35(32)34)31-13-22(20-9-7-18(27)11-21(20)28)29-24(31)10-16-3-5-17(26)6-4-16/h2-9,11-13H,10,14H2,1H3,(H,30,33). The molecule has 1 fully saturated rings. The van der Waals surface area contributed by atoms with Gasteiger partial charge in [0.25, 0.3) is 5.91 Å². The molecule has 6 nitrogen and oxygen atoms in total. The fraction of sp³-hybridized carbons (Fsp3) is 0.120. The summed E-state index contributed by atoms with van der Waals surface area (Å²) in [7, 11) is 0. The van der Waals surface area contributed by atoms with Crippen LogP contribution in [-0.4, -0.2) is 26.2 Å². The molecule has 3 aromatic carbocycles. The van der Waals surface area contributed by atoms with E-state index in [4.69, 9.17) is 4.98 Å². The summed E-state index contributed by atoms with van der Waals surface area (Å²) >= 11 is 1.77. The normalized spacial score (nSPS) is 15.5. The molecular weight excluding hydrogens is 538 g/mol. The van der Waals surface area contributed by atoms with Gasteiger partial charge in [0.15, 0.2) is 0 Å². The number of anilines is 1. The second-order valence-electron chi connectivity index (χ2n) is 8.12. The second kappa shape index (κ2) is 9.35. The van der Waals surface area contributed by atoms with Crippen LogP contribution in [-0.2, 0) is 22.4 Å². The van der Waals surface area contributed by atoms with Gasteiger partial charge in [-0.2, -0.15) is 0 Å². The molecule has 1 aromatic heterocycles. The Labute approximate surface area is 211 Å². The molecule has 0 bridgehead atoms. The number of imidazole rings is 1. The molecule has 1 saturated heterocycles. The predicted octanol–water partition coefficient (Wildman–Crippen LogP) is 4.99.